The second-order valence-electron chi connectivity index (χ2n) is 3.97. The summed E-state index contributed by atoms with van der Waals surface area (Å²) in [4.78, 5) is 16.0. The molecule has 0 saturated heterocycles. The molecule has 3 aromatic rings. The van der Waals surface area contributed by atoms with Crippen LogP contribution in [0.2, 0.25) is 0 Å². The molecular weight excluding hydrogens is 246 g/mol. The zero-order chi connectivity index (χ0) is 13.2. The van der Waals surface area contributed by atoms with E-state index in [4.69, 9.17) is 9.15 Å². The molecule has 0 N–H and O–H groups in total. The minimum atomic E-state index is -0.428. The Morgan fingerprint density at radius 1 is 1.42 bits per heavy atom. The molecule has 6 nitrogen and oxygen atoms in total. The summed E-state index contributed by atoms with van der Waals surface area (Å²) in [5, 5.41) is 4.30. The van der Waals surface area contributed by atoms with Gasteiger partial charge < -0.3 is 9.15 Å². The van der Waals surface area contributed by atoms with E-state index in [1.165, 1.54) is 7.11 Å². The molecule has 96 valence electrons. The number of pyridine rings is 1. The molecule has 0 amide bonds. The highest BCUT2D eigenvalue weighted by Gasteiger charge is 2.14. The molecule has 0 fully saturated rings. The number of furan rings is 1. The van der Waals surface area contributed by atoms with Crippen molar-refractivity contribution in [3.8, 4) is 0 Å². The first kappa shape index (κ1) is 11.5. The molecule has 0 aliphatic carbocycles. The van der Waals surface area contributed by atoms with Crippen LogP contribution in [0.15, 0.2) is 41.1 Å². The van der Waals surface area contributed by atoms with Gasteiger partial charge >= 0.3 is 5.97 Å². The van der Waals surface area contributed by atoms with Crippen molar-refractivity contribution >= 4 is 11.6 Å². The third-order valence-electron chi connectivity index (χ3n) is 2.72. The summed E-state index contributed by atoms with van der Waals surface area (Å²) >= 11 is 0. The van der Waals surface area contributed by atoms with E-state index in [1.54, 1.807) is 29.1 Å². The Kier molecular flexibility index (Phi) is 2.75. The lowest BCUT2D eigenvalue weighted by Gasteiger charge is -1.99. The van der Waals surface area contributed by atoms with Crippen LogP contribution in [-0.2, 0) is 11.2 Å². The van der Waals surface area contributed by atoms with Gasteiger partial charge in [0.2, 0.25) is 0 Å². The highest BCUT2D eigenvalue weighted by atomic mass is 16.5. The molecule has 0 radical (unpaired) electrons. The summed E-state index contributed by atoms with van der Waals surface area (Å²) in [6.07, 6.45) is 3.82. The lowest BCUT2D eigenvalue weighted by molar-refractivity contribution is 0.0602. The molecule has 0 unspecified atom stereocenters. The zero-order valence-electron chi connectivity index (χ0n) is 10.2. The fraction of sp³-hybridized carbons (Fsp3) is 0.154. The Labute approximate surface area is 108 Å². The van der Waals surface area contributed by atoms with E-state index in [9.17, 15) is 4.79 Å². The minimum Gasteiger partial charge on any atom is -0.469 e. The maximum Gasteiger partial charge on any atom is 0.341 e. The van der Waals surface area contributed by atoms with E-state index in [0.29, 0.717) is 23.5 Å². The number of hydrogen-bond acceptors (Lipinski definition) is 5. The van der Waals surface area contributed by atoms with Gasteiger partial charge in [-0.2, -0.15) is 5.10 Å². The van der Waals surface area contributed by atoms with Gasteiger partial charge in [-0.15, -0.1) is 0 Å². The molecule has 19 heavy (non-hydrogen) atoms. The van der Waals surface area contributed by atoms with Crippen molar-refractivity contribution in [3.05, 3.63) is 53.9 Å². The van der Waals surface area contributed by atoms with Crippen molar-refractivity contribution in [2.24, 2.45) is 0 Å². The van der Waals surface area contributed by atoms with Gasteiger partial charge in [-0.1, -0.05) is 0 Å². The molecule has 3 heterocycles. The van der Waals surface area contributed by atoms with Crippen LogP contribution in [0, 0.1) is 0 Å². The molecule has 6 heteroatoms. The number of fused-ring (bicyclic) bond motifs is 1. The molecule has 0 spiro atoms. The van der Waals surface area contributed by atoms with E-state index >= 15 is 0 Å². The average molecular weight is 257 g/mol. The number of rotatable bonds is 3. The predicted molar refractivity (Wildman–Crippen MR) is 65.8 cm³/mol. The number of ether oxygens (including phenoxy) is 1. The van der Waals surface area contributed by atoms with E-state index in [0.717, 1.165) is 5.76 Å². The van der Waals surface area contributed by atoms with Crippen LogP contribution in [0.5, 0.6) is 0 Å². The second kappa shape index (κ2) is 4.56. The fourth-order valence-electron chi connectivity index (χ4n) is 1.86. The van der Waals surface area contributed by atoms with Crippen LogP contribution in [0.1, 0.15) is 21.9 Å². The highest BCUT2D eigenvalue weighted by Crippen LogP contribution is 2.12. The van der Waals surface area contributed by atoms with Crippen molar-refractivity contribution in [2.75, 3.05) is 7.11 Å². The van der Waals surface area contributed by atoms with Crippen molar-refractivity contribution in [2.45, 2.75) is 6.42 Å². The summed E-state index contributed by atoms with van der Waals surface area (Å²) in [7, 11) is 1.34. The van der Waals surface area contributed by atoms with Gasteiger partial charge in [0.05, 0.1) is 19.8 Å². The van der Waals surface area contributed by atoms with Crippen molar-refractivity contribution < 1.29 is 13.9 Å². The van der Waals surface area contributed by atoms with Crippen LogP contribution in [0.25, 0.3) is 5.65 Å². The molecule has 3 aromatic heterocycles. The molecule has 0 aromatic carbocycles. The van der Waals surface area contributed by atoms with Gasteiger partial charge in [0.25, 0.3) is 0 Å². The maximum atomic E-state index is 11.6. The molecule has 0 aliphatic rings. The molecule has 0 saturated carbocycles. The summed E-state index contributed by atoms with van der Waals surface area (Å²) < 4.78 is 11.5. The largest absolute Gasteiger partial charge is 0.469 e. The smallest absolute Gasteiger partial charge is 0.341 e. The van der Waals surface area contributed by atoms with E-state index in [1.807, 2.05) is 12.1 Å². The van der Waals surface area contributed by atoms with E-state index in [-0.39, 0.29) is 0 Å². The van der Waals surface area contributed by atoms with Crippen molar-refractivity contribution in [3.63, 3.8) is 0 Å². The monoisotopic (exact) mass is 257 g/mol. The summed E-state index contributed by atoms with van der Waals surface area (Å²) in [6.45, 7) is 0. The number of hydrogen-bond donors (Lipinski definition) is 0. The first-order valence-electron chi connectivity index (χ1n) is 5.73. The lowest BCUT2D eigenvalue weighted by atomic mass is 10.3. The zero-order valence-corrected chi connectivity index (χ0v) is 10.2. The predicted octanol–water partition coefficient (Wildman–Crippen LogP) is 1.70. The number of carbonyl (C=O) groups is 1. The Morgan fingerprint density at radius 3 is 3.05 bits per heavy atom. The fourth-order valence-corrected chi connectivity index (χ4v) is 1.86. The van der Waals surface area contributed by atoms with Crippen LogP contribution >= 0.6 is 0 Å². The highest BCUT2D eigenvalue weighted by molar-refractivity contribution is 5.95. The maximum absolute atomic E-state index is 11.6. The minimum absolute atomic E-state index is 0.392. The number of esters is 1. The number of methoxy groups -OCH3 is 1. The van der Waals surface area contributed by atoms with E-state index in [2.05, 4.69) is 10.1 Å². The number of aromatic nitrogens is 3. The van der Waals surface area contributed by atoms with Gasteiger partial charge in [0, 0.05) is 6.20 Å². The Morgan fingerprint density at radius 2 is 2.32 bits per heavy atom. The number of carbonyl (C=O) groups excluding carboxylic acids is 1. The standard InChI is InChI=1S/C13H11N3O3/c1-18-13(17)10-5-2-6-16-12(10)14-11(15-16)8-9-4-3-7-19-9/h2-7H,8H2,1H3. The molecule has 0 bridgehead atoms. The Bertz CT molecular complexity index is 716. The average Bonchev–Trinajstić information content (AvgIpc) is 3.06. The second-order valence-corrected chi connectivity index (χ2v) is 3.97. The molecule has 3 rings (SSSR count). The third kappa shape index (κ3) is 2.08. The Hall–Kier alpha value is -2.63. The summed E-state index contributed by atoms with van der Waals surface area (Å²) in [6, 6.07) is 7.05. The summed E-state index contributed by atoms with van der Waals surface area (Å²) in [5.74, 6) is 0.935. The molecule has 0 atom stereocenters. The van der Waals surface area contributed by atoms with Crippen LogP contribution in [-0.4, -0.2) is 27.7 Å². The van der Waals surface area contributed by atoms with Crippen LogP contribution in [0.3, 0.4) is 0 Å². The Balaban J connectivity index is 2.03. The third-order valence-corrected chi connectivity index (χ3v) is 2.72. The number of nitrogens with zero attached hydrogens (tertiary/aromatic N) is 3. The van der Waals surface area contributed by atoms with Crippen molar-refractivity contribution in [1.82, 2.24) is 14.6 Å². The van der Waals surface area contributed by atoms with Crippen LogP contribution in [0.4, 0.5) is 0 Å². The summed E-state index contributed by atoms with van der Waals surface area (Å²) in [5.41, 5.74) is 0.874. The molecular formula is C13H11N3O3. The van der Waals surface area contributed by atoms with Gasteiger partial charge in [0.1, 0.15) is 11.3 Å². The van der Waals surface area contributed by atoms with Crippen LogP contribution < -0.4 is 0 Å². The normalized spacial score (nSPS) is 10.8. The van der Waals surface area contributed by atoms with Gasteiger partial charge in [-0.05, 0) is 24.3 Å². The van der Waals surface area contributed by atoms with Crippen molar-refractivity contribution in [1.29, 1.82) is 0 Å². The van der Waals surface area contributed by atoms with Gasteiger partial charge in [0.15, 0.2) is 11.5 Å². The van der Waals surface area contributed by atoms with Gasteiger partial charge in [-0.25, -0.2) is 14.3 Å². The quantitative estimate of drug-likeness (QED) is 0.668. The SMILES string of the molecule is COC(=O)c1cccn2nc(Cc3ccco3)nc12. The topological polar surface area (TPSA) is 69.6 Å². The van der Waals surface area contributed by atoms with E-state index < -0.39 is 5.97 Å². The first-order chi connectivity index (χ1) is 9.28. The first-order valence-corrected chi connectivity index (χ1v) is 5.73. The lowest BCUT2D eigenvalue weighted by Crippen LogP contribution is -2.04. The van der Waals surface area contributed by atoms with Gasteiger partial charge in [-0.3, -0.25) is 0 Å². The molecule has 0 aliphatic heterocycles.